The fourth-order valence-corrected chi connectivity index (χ4v) is 5.39. The second-order valence-electron chi connectivity index (χ2n) is 8.48. The molecule has 1 fully saturated rings. The maximum absolute atomic E-state index is 13.2. The largest absolute Gasteiger partial charge is 0.351 e. The van der Waals surface area contributed by atoms with Crippen molar-refractivity contribution in [2.45, 2.75) is 50.1 Å². The molecule has 3 N–H and O–H groups in total. The van der Waals surface area contributed by atoms with E-state index in [2.05, 4.69) is 16.0 Å². The van der Waals surface area contributed by atoms with Gasteiger partial charge in [0.2, 0.25) is 27.7 Å². The van der Waals surface area contributed by atoms with Crippen LogP contribution in [0.5, 0.6) is 0 Å². The standard InChI is InChI=1S/C24H29FN4O5S/c1-16(30)26-20-7-9-22(10-8-20)35(33,34)29-13-11-21(12-14-29)28-24(32)23(27-17(2)31)15-18-3-5-19(25)6-4-18/h3-10,21,23H,11-15H2,1-2H3,(H,26,30)(H,27,31)(H,28,32). The first-order valence-corrected chi connectivity index (χ1v) is 12.7. The van der Waals surface area contributed by atoms with Gasteiger partial charge in [-0.15, -0.1) is 0 Å². The summed E-state index contributed by atoms with van der Waals surface area (Å²) in [6.45, 7) is 3.14. The average molecular weight is 505 g/mol. The fraction of sp³-hybridized carbons (Fsp3) is 0.375. The summed E-state index contributed by atoms with van der Waals surface area (Å²) in [6.07, 6.45) is 1.03. The number of amides is 3. The monoisotopic (exact) mass is 504 g/mol. The van der Waals surface area contributed by atoms with Crippen LogP contribution in [-0.2, 0) is 30.8 Å². The van der Waals surface area contributed by atoms with Gasteiger partial charge in [0.15, 0.2) is 0 Å². The highest BCUT2D eigenvalue weighted by Gasteiger charge is 2.31. The summed E-state index contributed by atoms with van der Waals surface area (Å²) < 4.78 is 40.5. The van der Waals surface area contributed by atoms with Crippen LogP contribution in [0.15, 0.2) is 53.4 Å². The predicted octanol–water partition coefficient (Wildman–Crippen LogP) is 1.80. The summed E-state index contributed by atoms with van der Waals surface area (Å²) in [7, 11) is -3.72. The Hall–Kier alpha value is -3.31. The highest BCUT2D eigenvalue weighted by molar-refractivity contribution is 7.89. The molecule has 1 atom stereocenters. The van der Waals surface area contributed by atoms with Crippen molar-refractivity contribution in [1.82, 2.24) is 14.9 Å². The van der Waals surface area contributed by atoms with Gasteiger partial charge in [0.25, 0.3) is 0 Å². The lowest BCUT2D eigenvalue weighted by Gasteiger charge is -2.32. The van der Waals surface area contributed by atoms with E-state index >= 15 is 0 Å². The SMILES string of the molecule is CC(=O)Nc1ccc(S(=O)(=O)N2CCC(NC(=O)C(Cc3ccc(F)cc3)NC(C)=O)CC2)cc1. The number of piperidine rings is 1. The van der Waals surface area contributed by atoms with Gasteiger partial charge in [-0.05, 0) is 54.8 Å². The summed E-state index contributed by atoms with van der Waals surface area (Å²) >= 11 is 0. The number of hydrogen-bond acceptors (Lipinski definition) is 5. The highest BCUT2D eigenvalue weighted by Crippen LogP contribution is 2.22. The third-order valence-corrected chi connectivity index (χ3v) is 7.57. The van der Waals surface area contributed by atoms with Gasteiger partial charge in [-0.1, -0.05) is 12.1 Å². The Labute approximate surface area is 204 Å². The molecular weight excluding hydrogens is 475 g/mol. The van der Waals surface area contributed by atoms with Crippen LogP contribution in [0.4, 0.5) is 10.1 Å². The van der Waals surface area contributed by atoms with Crippen molar-refractivity contribution in [3.8, 4) is 0 Å². The molecule has 0 bridgehead atoms. The molecule has 0 saturated carbocycles. The maximum Gasteiger partial charge on any atom is 0.243 e. The Bertz CT molecular complexity index is 1160. The molecule has 2 aromatic carbocycles. The van der Waals surface area contributed by atoms with Crippen molar-refractivity contribution in [2.75, 3.05) is 18.4 Å². The van der Waals surface area contributed by atoms with Crippen LogP contribution in [0, 0.1) is 5.82 Å². The van der Waals surface area contributed by atoms with Gasteiger partial charge in [0.1, 0.15) is 11.9 Å². The van der Waals surface area contributed by atoms with Gasteiger partial charge in [-0.3, -0.25) is 14.4 Å². The van der Waals surface area contributed by atoms with Crippen LogP contribution in [0.2, 0.25) is 0 Å². The second-order valence-corrected chi connectivity index (χ2v) is 10.4. The molecule has 1 heterocycles. The zero-order chi connectivity index (χ0) is 25.6. The first kappa shape index (κ1) is 26.3. The Kier molecular flexibility index (Phi) is 8.57. The number of nitrogens with zero attached hydrogens (tertiary/aromatic N) is 1. The van der Waals surface area contributed by atoms with E-state index in [4.69, 9.17) is 0 Å². The zero-order valence-electron chi connectivity index (χ0n) is 19.6. The van der Waals surface area contributed by atoms with E-state index in [-0.39, 0.29) is 54.0 Å². The van der Waals surface area contributed by atoms with Crippen LogP contribution in [0.1, 0.15) is 32.3 Å². The van der Waals surface area contributed by atoms with E-state index in [0.717, 1.165) is 0 Å². The first-order chi connectivity index (χ1) is 16.5. The van der Waals surface area contributed by atoms with Crippen LogP contribution in [0.25, 0.3) is 0 Å². The molecule has 35 heavy (non-hydrogen) atoms. The average Bonchev–Trinajstić information content (AvgIpc) is 2.80. The minimum Gasteiger partial charge on any atom is -0.351 e. The number of sulfonamides is 1. The molecule has 3 amide bonds. The van der Waals surface area contributed by atoms with E-state index in [9.17, 15) is 27.2 Å². The van der Waals surface area contributed by atoms with Gasteiger partial charge in [-0.2, -0.15) is 4.31 Å². The lowest BCUT2D eigenvalue weighted by atomic mass is 10.0. The normalized spacial score (nSPS) is 15.7. The lowest BCUT2D eigenvalue weighted by Crippen LogP contribution is -2.53. The summed E-state index contributed by atoms with van der Waals surface area (Å²) in [5.41, 5.74) is 1.21. The van der Waals surface area contributed by atoms with E-state index in [0.29, 0.717) is 24.1 Å². The van der Waals surface area contributed by atoms with Crippen LogP contribution < -0.4 is 16.0 Å². The number of halogens is 1. The quantitative estimate of drug-likeness (QED) is 0.506. The number of nitrogens with one attached hydrogen (secondary N) is 3. The molecule has 1 aliphatic rings. The second kappa shape index (κ2) is 11.4. The molecule has 3 rings (SSSR count). The minimum absolute atomic E-state index is 0.124. The Balaban J connectivity index is 1.58. The van der Waals surface area contributed by atoms with Crippen molar-refractivity contribution in [2.24, 2.45) is 0 Å². The Morgan fingerprint density at radius 1 is 0.971 bits per heavy atom. The smallest absolute Gasteiger partial charge is 0.243 e. The molecule has 188 valence electrons. The van der Waals surface area contributed by atoms with E-state index in [1.54, 1.807) is 12.1 Å². The molecule has 0 aliphatic carbocycles. The van der Waals surface area contributed by atoms with Gasteiger partial charge in [0, 0.05) is 45.1 Å². The van der Waals surface area contributed by atoms with Crippen LogP contribution in [0.3, 0.4) is 0 Å². The van der Waals surface area contributed by atoms with Crippen molar-refractivity contribution >= 4 is 33.4 Å². The number of benzene rings is 2. The number of hydrogen-bond donors (Lipinski definition) is 3. The van der Waals surface area contributed by atoms with E-state index in [1.165, 1.54) is 54.6 Å². The molecular formula is C24H29FN4O5S. The Morgan fingerprint density at radius 3 is 2.11 bits per heavy atom. The summed E-state index contributed by atoms with van der Waals surface area (Å²) in [5.74, 6) is -1.38. The summed E-state index contributed by atoms with van der Waals surface area (Å²) in [4.78, 5) is 35.7. The molecule has 2 aromatic rings. The van der Waals surface area contributed by atoms with Crippen LogP contribution in [-0.4, -0.2) is 55.6 Å². The van der Waals surface area contributed by atoms with Crippen molar-refractivity contribution in [3.63, 3.8) is 0 Å². The summed E-state index contributed by atoms with van der Waals surface area (Å²) in [5, 5.41) is 8.12. The van der Waals surface area contributed by atoms with Crippen molar-refractivity contribution in [3.05, 3.63) is 59.9 Å². The number of anilines is 1. The minimum atomic E-state index is -3.72. The third-order valence-electron chi connectivity index (χ3n) is 5.66. The van der Waals surface area contributed by atoms with Gasteiger partial charge in [0.05, 0.1) is 4.90 Å². The molecule has 11 heteroatoms. The maximum atomic E-state index is 13.2. The molecule has 1 unspecified atom stereocenters. The fourth-order valence-electron chi connectivity index (χ4n) is 3.92. The van der Waals surface area contributed by atoms with Crippen molar-refractivity contribution < 1.29 is 27.2 Å². The first-order valence-electron chi connectivity index (χ1n) is 11.2. The Morgan fingerprint density at radius 2 is 1.57 bits per heavy atom. The topological polar surface area (TPSA) is 125 Å². The lowest BCUT2D eigenvalue weighted by molar-refractivity contribution is -0.128. The number of rotatable bonds is 8. The number of carbonyl (C=O) groups excluding carboxylic acids is 3. The van der Waals surface area contributed by atoms with Gasteiger partial charge < -0.3 is 16.0 Å². The molecule has 9 nitrogen and oxygen atoms in total. The molecule has 1 saturated heterocycles. The van der Waals surface area contributed by atoms with Gasteiger partial charge in [-0.25, -0.2) is 12.8 Å². The highest BCUT2D eigenvalue weighted by atomic mass is 32.2. The van der Waals surface area contributed by atoms with Crippen molar-refractivity contribution in [1.29, 1.82) is 0 Å². The molecule has 0 radical (unpaired) electrons. The number of carbonyl (C=O) groups is 3. The summed E-state index contributed by atoms with van der Waals surface area (Å²) in [6, 6.07) is 10.6. The predicted molar refractivity (Wildman–Crippen MR) is 128 cm³/mol. The van der Waals surface area contributed by atoms with E-state index < -0.39 is 16.1 Å². The molecule has 0 spiro atoms. The zero-order valence-corrected chi connectivity index (χ0v) is 20.4. The molecule has 0 aromatic heterocycles. The third kappa shape index (κ3) is 7.33. The van der Waals surface area contributed by atoms with Crippen LogP contribution >= 0.6 is 0 Å². The molecule has 1 aliphatic heterocycles. The van der Waals surface area contributed by atoms with E-state index in [1.807, 2.05) is 0 Å². The van der Waals surface area contributed by atoms with Gasteiger partial charge >= 0.3 is 0 Å².